The van der Waals surface area contributed by atoms with Crippen LogP contribution < -0.4 is 4.74 Å². The Balaban J connectivity index is 0.00000306. The second kappa shape index (κ2) is 9.46. The van der Waals surface area contributed by atoms with Crippen molar-refractivity contribution in [3.8, 4) is 23.1 Å². The predicted octanol–water partition coefficient (Wildman–Crippen LogP) is 5.27. The van der Waals surface area contributed by atoms with E-state index in [1.807, 2.05) is 25.1 Å². The molecule has 0 saturated carbocycles. The number of rotatable bonds is 5. The zero-order chi connectivity index (χ0) is 22.9. The third-order valence-electron chi connectivity index (χ3n) is 4.96. The summed E-state index contributed by atoms with van der Waals surface area (Å²) in [7, 11) is 1.74. The number of hydrogen-bond acceptors (Lipinski definition) is 5. The number of nitriles is 1. The van der Waals surface area contributed by atoms with Gasteiger partial charge in [-0.1, -0.05) is 6.07 Å². The molecule has 0 bridgehead atoms. The van der Waals surface area contributed by atoms with Crippen molar-refractivity contribution in [2.45, 2.75) is 19.5 Å². The number of benzene rings is 1. The van der Waals surface area contributed by atoms with Gasteiger partial charge in [-0.15, -0.1) is 12.4 Å². The fourth-order valence-corrected chi connectivity index (χ4v) is 3.39. The normalized spacial score (nSPS) is 11.2. The summed E-state index contributed by atoms with van der Waals surface area (Å²) in [6.07, 6.45) is -2.72. The lowest BCUT2D eigenvalue weighted by Gasteiger charge is -2.15. The molecule has 0 radical (unpaired) electrons. The highest BCUT2D eigenvalue weighted by atomic mass is 35.5. The van der Waals surface area contributed by atoms with E-state index in [2.05, 4.69) is 15.0 Å². The Morgan fingerprint density at radius 1 is 1.12 bits per heavy atom. The first-order valence-electron chi connectivity index (χ1n) is 9.75. The lowest BCUT2D eigenvalue weighted by Crippen LogP contribution is -2.11. The number of hydrogen-bond donors (Lipinski definition) is 0. The second-order valence-corrected chi connectivity index (χ2v) is 7.27. The maximum atomic E-state index is 13.8. The molecule has 4 rings (SSSR count). The Kier molecular flexibility index (Phi) is 6.89. The van der Waals surface area contributed by atoms with Crippen molar-refractivity contribution >= 4 is 23.4 Å². The molecule has 0 aliphatic heterocycles. The number of ether oxygens (including phenoxy) is 1. The van der Waals surface area contributed by atoms with Gasteiger partial charge in [0.15, 0.2) is 5.69 Å². The number of aromatic nitrogens is 4. The summed E-state index contributed by atoms with van der Waals surface area (Å²) in [5.74, 6) is -0.268. The van der Waals surface area contributed by atoms with Crippen molar-refractivity contribution in [2.24, 2.45) is 7.05 Å². The molecule has 33 heavy (non-hydrogen) atoms. The first-order chi connectivity index (χ1) is 15.3. The highest BCUT2D eigenvalue weighted by Gasteiger charge is 2.35. The van der Waals surface area contributed by atoms with E-state index in [-0.39, 0.29) is 41.7 Å². The minimum absolute atomic E-state index is 0. The van der Waals surface area contributed by atoms with Crippen LogP contribution in [0.5, 0.6) is 5.75 Å². The number of nitrogens with zero attached hydrogens (tertiary/aromatic N) is 5. The van der Waals surface area contributed by atoms with Gasteiger partial charge in [-0.2, -0.15) is 18.4 Å². The lowest BCUT2D eigenvalue weighted by atomic mass is 10.1. The minimum Gasteiger partial charge on any atom is -0.493 e. The lowest BCUT2D eigenvalue weighted by molar-refractivity contribution is -0.138. The van der Waals surface area contributed by atoms with Crippen LogP contribution >= 0.6 is 12.4 Å². The Bertz CT molecular complexity index is 1340. The number of imidazole rings is 1. The van der Waals surface area contributed by atoms with Gasteiger partial charge in [0.25, 0.3) is 0 Å². The van der Waals surface area contributed by atoms with Crippen LogP contribution in [-0.2, 0) is 19.6 Å². The zero-order valence-corrected chi connectivity index (χ0v) is 18.5. The molecule has 6 nitrogen and oxygen atoms in total. The van der Waals surface area contributed by atoms with E-state index in [1.54, 1.807) is 23.7 Å². The Hall–Kier alpha value is -3.64. The van der Waals surface area contributed by atoms with Crippen LogP contribution in [0.1, 0.15) is 22.6 Å². The summed E-state index contributed by atoms with van der Waals surface area (Å²) < 4.78 is 48.5. The molecule has 0 unspecified atom stereocenters. The molecule has 0 aliphatic carbocycles. The van der Waals surface area contributed by atoms with Crippen LogP contribution in [-0.4, -0.2) is 26.1 Å². The van der Waals surface area contributed by atoms with Crippen LogP contribution in [0, 0.1) is 18.3 Å². The van der Waals surface area contributed by atoms with Crippen LogP contribution in [0.4, 0.5) is 13.2 Å². The first-order valence-corrected chi connectivity index (χ1v) is 9.75. The predicted molar refractivity (Wildman–Crippen MR) is 119 cm³/mol. The summed E-state index contributed by atoms with van der Waals surface area (Å²) in [4.78, 5) is 12.7. The zero-order valence-electron chi connectivity index (χ0n) is 17.7. The average Bonchev–Trinajstić information content (AvgIpc) is 3.13. The molecule has 10 heteroatoms. The van der Waals surface area contributed by atoms with E-state index in [4.69, 9.17) is 4.74 Å². The molecule has 3 aromatic heterocycles. The number of fused-ring (bicyclic) bond motifs is 1. The van der Waals surface area contributed by atoms with E-state index >= 15 is 0 Å². The molecular weight excluding hydrogens is 455 g/mol. The van der Waals surface area contributed by atoms with Crippen molar-refractivity contribution in [3.05, 3.63) is 71.4 Å². The molecule has 0 N–H and O–H groups in total. The van der Waals surface area contributed by atoms with Gasteiger partial charge in [-0.3, -0.25) is 4.98 Å². The third kappa shape index (κ3) is 5.07. The molecule has 0 amide bonds. The van der Waals surface area contributed by atoms with Gasteiger partial charge in [0.05, 0.1) is 29.7 Å². The molecule has 0 spiro atoms. The highest BCUT2D eigenvalue weighted by molar-refractivity contribution is 5.85. The molecule has 0 saturated heterocycles. The summed E-state index contributed by atoms with van der Waals surface area (Å²) in [6, 6.07) is 12.8. The topological polar surface area (TPSA) is 76.6 Å². The van der Waals surface area contributed by atoms with Crippen molar-refractivity contribution in [3.63, 3.8) is 0 Å². The molecule has 1 aromatic carbocycles. The monoisotopic (exact) mass is 473 g/mol. The van der Waals surface area contributed by atoms with Gasteiger partial charge in [-0.05, 0) is 43.3 Å². The summed E-state index contributed by atoms with van der Waals surface area (Å²) >= 11 is 0. The summed E-state index contributed by atoms with van der Waals surface area (Å²) in [5.41, 5.74) is 2.20. The summed E-state index contributed by atoms with van der Waals surface area (Å²) in [6.45, 7) is 1.90. The largest absolute Gasteiger partial charge is 0.493 e. The molecule has 0 fully saturated rings. The summed E-state index contributed by atoms with van der Waals surface area (Å²) in [5, 5.41) is 9.39. The molecule has 0 atom stereocenters. The van der Waals surface area contributed by atoms with Gasteiger partial charge < -0.3 is 9.30 Å². The fraction of sp³-hybridized carbons (Fsp3) is 0.217. The Morgan fingerprint density at radius 3 is 2.61 bits per heavy atom. The van der Waals surface area contributed by atoms with E-state index in [1.165, 1.54) is 18.5 Å². The molecular formula is C23H19ClF3N5O. The van der Waals surface area contributed by atoms with Gasteiger partial charge in [-0.25, -0.2) is 9.97 Å². The minimum atomic E-state index is -4.62. The highest BCUT2D eigenvalue weighted by Crippen LogP contribution is 2.39. The molecule has 3 heterocycles. The van der Waals surface area contributed by atoms with E-state index in [9.17, 15) is 18.4 Å². The smallest absolute Gasteiger partial charge is 0.419 e. The molecule has 0 aliphatic rings. The van der Waals surface area contributed by atoms with E-state index in [0.717, 1.165) is 17.5 Å². The standard InChI is InChI=1S/C23H18F3N5O.ClH/c1-14-4-3-5-16(29-14)8-9-32-21-7-6-15(10-17(21)23(24,25)26)18-11-20-22(19(12-27)30-18)28-13-31(20)2;/h3-7,10-11,13H,8-9H2,1-2H3;1H. The van der Waals surface area contributed by atoms with Crippen LogP contribution in [0.15, 0.2) is 48.8 Å². The van der Waals surface area contributed by atoms with E-state index in [0.29, 0.717) is 17.5 Å². The number of aryl methyl sites for hydroxylation is 2. The van der Waals surface area contributed by atoms with Gasteiger partial charge in [0.2, 0.25) is 0 Å². The van der Waals surface area contributed by atoms with Crippen molar-refractivity contribution in [1.29, 1.82) is 5.26 Å². The average molecular weight is 474 g/mol. The first kappa shape index (κ1) is 24.0. The second-order valence-electron chi connectivity index (χ2n) is 7.27. The number of alkyl halides is 3. The van der Waals surface area contributed by atoms with Crippen molar-refractivity contribution < 1.29 is 17.9 Å². The van der Waals surface area contributed by atoms with Crippen LogP contribution in [0.2, 0.25) is 0 Å². The van der Waals surface area contributed by atoms with Crippen molar-refractivity contribution in [1.82, 2.24) is 19.5 Å². The SMILES string of the molecule is Cc1cccc(CCOc2ccc(-c3cc4c(ncn4C)c(C#N)n3)cc2C(F)(F)F)n1.Cl. The number of pyridine rings is 2. The Morgan fingerprint density at radius 2 is 1.91 bits per heavy atom. The fourth-order valence-electron chi connectivity index (χ4n) is 3.39. The Labute approximate surface area is 194 Å². The van der Waals surface area contributed by atoms with E-state index < -0.39 is 11.7 Å². The van der Waals surface area contributed by atoms with Crippen molar-refractivity contribution in [2.75, 3.05) is 6.61 Å². The maximum absolute atomic E-state index is 13.8. The molecule has 170 valence electrons. The quantitative estimate of drug-likeness (QED) is 0.394. The maximum Gasteiger partial charge on any atom is 0.419 e. The van der Waals surface area contributed by atoms with Gasteiger partial charge in [0, 0.05) is 30.4 Å². The van der Waals surface area contributed by atoms with Crippen LogP contribution in [0.25, 0.3) is 22.3 Å². The third-order valence-corrected chi connectivity index (χ3v) is 4.96. The van der Waals surface area contributed by atoms with Gasteiger partial charge >= 0.3 is 6.18 Å². The van der Waals surface area contributed by atoms with Gasteiger partial charge in [0.1, 0.15) is 17.3 Å². The number of halogens is 4. The van der Waals surface area contributed by atoms with Crippen LogP contribution in [0.3, 0.4) is 0 Å². The molecule has 4 aromatic rings.